The Hall–Kier alpha value is -2.80. The third-order valence-electron chi connectivity index (χ3n) is 3.18. The second-order valence-corrected chi connectivity index (χ2v) is 5.00. The highest BCUT2D eigenvalue weighted by Crippen LogP contribution is 2.18. The fourth-order valence-corrected chi connectivity index (χ4v) is 2.34. The van der Waals surface area contributed by atoms with E-state index in [1.54, 1.807) is 24.3 Å². The third-order valence-corrected chi connectivity index (χ3v) is 3.53. The van der Waals surface area contributed by atoms with Gasteiger partial charge in [0.1, 0.15) is 10.8 Å². The monoisotopic (exact) mass is 337 g/mol. The average Bonchev–Trinajstić information content (AvgIpc) is 2.51. The summed E-state index contributed by atoms with van der Waals surface area (Å²) < 4.78 is 6.08. The zero-order valence-corrected chi connectivity index (χ0v) is 12.7. The number of ether oxygens (including phenoxy) is 1. The lowest BCUT2D eigenvalue weighted by Gasteiger charge is -2.11. The van der Waals surface area contributed by atoms with Crippen molar-refractivity contribution in [3.63, 3.8) is 0 Å². The first-order valence-electron chi connectivity index (χ1n) is 6.37. The van der Waals surface area contributed by atoms with E-state index in [-0.39, 0.29) is 6.54 Å². The van der Waals surface area contributed by atoms with Gasteiger partial charge in [-0.2, -0.15) is 0 Å². The smallest absolute Gasteiger partial charge is 0.338 e. The summed E-state index contributed by atoms with van der Waals surface area (Å²) in [5.74, 6) is -2.42. The summed E-state index contributed by atoms with van der Waals surface area (Å²) in [7, 11) is 1.52. The van der Waals surface area contributed by atoms with Crippen LogP contribution in [0.2, 0.25) is 5.02 Å². The average molecular weight is 338 g/mol. The lowest BCUT2D eigenvalue weighted by atomic mass is 10.1. The molecule has 2 aromatic rings. The lowest BCUT2D eigenvalue weighted by Crippen LogP contribution is -2.26. The summed E-state index contributed by atoms with van der Waals surface area (Å²) in [6.45, 7) is 0.0444. The van der Waals surface area contributed by atoms with Crippen molar-refractivity contribution in [3.8, 4) is 5.75 Å². The van der Waals surface area contributed by atoms with Crippen molar-refractivity contribution in [3.05, 3.63) is 62.5 Å². The van der Waals surface area contributed by atoms with Gasteiger partial charge in [-0.05, 0) is 17.7 Å². The number of aromatic nitrogens is 1. The van der Waals surface area contributed by atoms with Crippen LogP contribution in [0.1, 0.15) is 26.3 Å². The molecular weight excluding hydrogens is 326 g/mol. The summed E-state index contributed by atoms with van der Waals surface area (Å²) >= 11 is 5.76. The van der Waals surface area contributed by atoms with Crippen molar-refractivity contribution in [2.45, 2.75) is 6.54 Å². The molecule has 1 heterocycles. The van der Waals surface area contributed by atoms with Gasteiger partial charge < -0.3 is 19.5 Å². The zero-order chi connectivity index (χ0) is 17.1. The fraction of sp³-hybridized carbons (Fsp3) is 0.133. The number of nitrogens with zero attached hydrogens (tertiary/aromatic N) is 1. The molecule has 1 aromatic heterocycles. The predicted molar refractivity (Wildman–Crippen MR) is 81.7 cm³/mol. The number of carbonyl (C=O) groups is 2. The van der Waals surface area contributed by atoms with E-state index in [1.807, 2.05) is 0 Å². The van der Waals surface area contributed by atoms with Gasteiger partial charge in [-0.3, -0.25) is 4.79 Å². The Labute approximate surface area is 135 Å². The molecule has 0 saturated carbocycles. The molecule has 23 heavy (non-hydrogen) atoms. The number of hydrogen-bond acceptors (Lipinski definition) is 4. The standard InChI is InChI=1S/C15H12ClNO6/c1-23-9-4-2-8(3-5-9)6-17-7-10(14(19)20)11(15(21)22)12(16)13(17)18/h2-5,7H,6H2,1H3,(H,19,20)(H,21,22). The van der Waals surface area contributed by atoms with Crippen LogP contribution >= 0.6 is 11.6 Å². The maximum absolute atomic E-state index is 12.1. The van der Waals surface area contributed by atoms with Gasteiger partial charge in [0, 0.05) is 6.20 Å². The molecule has 1 aromatic carbocycles. The Morgan fingerprint density at radius 1 is 1.17 bits per heavy atom. The molecule has 0 spiro atoms. The molecule has 0 unspecified atom stereocenters. The number of hydrogen-bond donors (Lipinski definition) is 2. The second kappa shape index (κ2) is 6.53. The minimum absolute atomic E-state index is 0.0444. The summed E-state index contributed by atoms with van der Waals surface area (Å²) in [4.78, 5) is 34.5. The van der Waals surface area contributed by atoms with Crippen molar-refractivity contribution in [2.24, 2.45) is 0 Å². The minimum Gasteiger partial charge on any atom is -0.497 e. The molecule has 0 fully saturated rings. The predicted octanol–water partition coefficient (Wildman–Crippen LogP) is 1.96. The SMILES string of the molecule is COc1ccc(Cn2cc(C(=O)O)c(C(=O)O)c(Cl)c2=O)cc1. The molecule has 8 heteroatoms. The topological polar surface area (TPSA) is 106 Å². The van der Waals surface area contributed by atoms with E-state index in [9.17, 15) is 14.4 Å². The van der Waals surface area contributed by atoms with E-state index < -0.39 is 33.6 Å². The molecule has 0 amide bonds. The summed E-state index contributed by atoms with van der Waals surface area (Å²) in [6, 6.07) is 6.77. The van der Waals surface area contributed by atoms with Crippen LogP contribution in [-0.2, 0) is 6.54 Å². The van der Waals surface area contributed by atoms with Gasteiger partial charge in [0.15, 0.2) is 0 Å². The zero-order valence-electron chi connectivity index (χ0n) is 11.9. The van der Waals surface area contributed by atoms with Crippen LogP contribution in [0.5, 0.6) is 5.75 Å². The molecule has 0 bridgehead atoms. The Morgan fingerprint density at radius 3 is 2.26 bits per heavy atom. The van der Waals surface area contributed by atoms with Crippen LogP contribution in [0.25, 0.3) is 0 Å². The summed E-state index contributed by atoms with van der Waals surface area (Å²) in [6.07, 6.45) is 0.976. The Bertz CT molecular complexity index is 825. The Balaban J connectivity index is 2.52. The van der Waals surface area contributed by atoms with Gasteiger partial charge in [-0.15, -0.1) is 0 Å². The van der Waals surface area contributed by atoms with Crippen LogP contribution in [0.3, 0.4) is 0 Å². The normalized spacial score (nSPS) is 10.3. The summed E-state index contributed by atoms with van der Waals surface area (Å²) in [5, 5.41) is 17.5. The first-order chi connectivity index (χ1) is 10.8. The van der Waals surface area contributed by atoms with Gasteiger partial charge in [0.05, 0.1) is 24.8 Å². The van der Waals surface area contributed by atoms with Crippen molar-refractivity contribution >= 4 is 23.5 Å². The fourth-order valence-electron chi connectivity index (χ4n) is 2.05. The highest BCUT2D eigenvalue weighted by atomic mass is 35.5. The van der Waals surface area contributed by atoms with Gasteiger partial charge in [0.25, 0.3) is 5.56 Å². The molecule has 0 atom stereocenters. The van der Waals surface area contributed by atoms with E-state index >= 15 is 0 Å². The van der Waals surface area contributed by atoms with Gasteiger partial charge >= 0.3 is 11.9 Å². The highest BCUT2D eigenvalue weighted by Gasteiger charge is 2.24. The molecule has 2 rings (SSSR count). The van der Waals surface area contributed by atoms with E-state index in [0.717, 1.165) is 10.8 Å². The number of aromatic carboxylic acids is 2. The first kappa shape index (κ1) is 16.6. The second-order valence-electron chi connectivity index (χ2n) is 4.62. The Kier molecular flexibility index (Phi) is 4.71. The van der Waals surface area contributed by atoms with Crippen molar-refractivity contribution in [2.75, 3.05) is 7.11 Å². The maximum atomic E-state index is 12.1. The van der Waals surface area contributed by atoms with Gasteiger partial charge in [-0.25, -0.2) is 9.59 Å². The lowest BCUT2D eigenvalue weighted by molar-refractivity contribution is 0.0650. The third kappa shape index (κ3) is 3.35. The molecule has 0 aliphatic heterocycles. The molecule has 0 aliphatic rings. The number of benzene rings is 1. The quantitative estimate of drug-likeness (QED) is 0.863. The molecule has 0 saturated heterocycles. The van der Waals surface area contributed by atoms with Crippen molar-refractivity contribution in [1.82, 2.24) is 4.57 Å². The number of rotatable bonds is 5. The van der Waals surface area contributed by atoms with Crippen LogP contribution in [0.4, 0.5) is 0 Å². The largest absolute Gasteiger partial charge is 0.497 e. The number of pyridine rings is 1. The molecular formula is C15H12ClNO6. The van der Waals surface area contributed by atoms with Crippen molar-refractivity contribution < 1.29 is 24.5 Å². The van der Waals surface area contributed by atoms with Crippen LogP contribution in [0.15, 0.2) is 35.3 Å². The molecule has 120 valence electrons. The number of carboxylic acids is 2. The van der Waals surface area contributed by atoms with E-state index in [1.165, 1.54) is 7.11 Å². The van der Waals surface area contributed by atoms with E-state index in [0.29, 0.717) is 11.3 Å². The molecule has 7 nitrogen and oxygen atoms in total. The van der Waals surface area contributed by atoms with Crippen molar-refractivity contribution in [1.29, 1.82) is 0 Å². The number of carboxylic acid groups (broad SMARTS) is 2. The van der Waals surface area contributed by atoms with Crippen LogP contribution in [-0.4, -0.2) is 33.8 Å². The molecule has 0 radical (unpaired) electrons. The van der Waals surface area contributed by atoms with Crippen LogP contribution < -0.4 is 10.3 Å². The maximum Gasteiger partial charge on any atom is 0.338 e. The van der Waals surface area contributed by atoms with Gasteiger partial charge in [-0.1, -0.05) is 23.7 Å². The van der Waals surface area contributed by atoms with E-state index in [4.69, 9.17) is 26.6 Å². The molecule has 2 N–H and O–H groups in total. The van der Waals surface area contributed by atoms with E-state index in [2.05, 4.69) is 0 Å². The molecule has 0 aliphatic carbocycles. The first-order valence-corrected chi connectivity index (χ1v) is 6.75. The number of halogens is 1. The number of methoxy groups -OCH3 is 1. The highest BCUT2D eigenvalue weighted by molar-refractivity contribution is 6.34. The Morgan fingerprint density at radius 2 is 1.78 bits per heavy atom. The van der Waals surface area contributed by atoms with Gasteiger partial charge in [0.2, 0.25) is 0 Å². The minimum atomic E-state index is -1.57. The summed E-state index contributed by atoms with van der Waals surface area (Å²) in [5.41, 5.74) is -1.33. The van der Waals surface area contributed by atoms with Crippen LogP contribution in [0, 0.1) is 0 Å².